The summed E-state index contributed by atoms with van der Waals surface area (Å²) >= 11 is 3.13. The van der Waals surface area contributed by atoms with E-state index in [4.69, 9.17) is 0 Å². The van der Waals surface area contributed by atoms with Crippen molar-refractivity contribution in [3.8, 4) is 0 Å². The number of nitrogens with one attached hydrogen (secondary N) is 2. The van der Waals surface area contributed by atoms with E-state index < -0.39 is 0 Å². The number of thioether (sulfide) groups is 1. The lowest BCUT2D eigenvalue weighted by Crippen LogP contribution is -2.46. The third kappa shape index (κ3) is 3.10. The summed E-state index contributed by atoms with van der Waals surface area (Å²) in [6, 6.07) is 13.4. The number of nitrogens with zero attached hydrogens (tertiary/aromatic N) is 3. The fourth-order valence-corrected chi connectivity index (χ4v) is 4.48. The van der Waals surface area contributed by atoms with Crippen molar-refractivity contribution in [2.75, 3.05) is 16.9 Å². The lowest BCUT2D eigenvalue weighted by molar-refractivity contribution is -0.121. The van der Waals surface area contributed by atoms with Gasteiger partial charge in [-0.25, -0.2) is 4.68 Å². The molecule has 3 aromatic rings. The first-order valence-electron chi connectivity index (χ1n) is 8.34. The summed E-state index contributed by atoms with van der Waals surface area (Å²) in [5.41, 5.74) is 0.795. The van der Waals surface area contributed by atoms with E-state index in [0.29, 0.717) is 11.1 Å². The van der Waals surface area contributed by atoms with Crippen molar-refractivity contribution in [2.45, 2.75) is 24.2 Å². The molecule has 2 aromatic heterocycles. The predicted molar refractivity (Wildman–Crippen MR) is 106 cm³/mol. The number of benzene rings is 1. The molecule has 6 nitrogen and oxygen atoms in total. The number of carbonyl (C=O) groups is 1. The Labute approximate surface area is 160 Å². The van der Waals surface area contributed by atoms with E-state index in [1.54, 1.807) is 11.3 Å². The Kier molecular flexibility index (Phi) is 4.69. The molecule has 0 bridgehead atoms. The maximum Gasteiger partial charge on any atom is 0.232 e. The average Bonchev–Trinajstić information content (AvgIpc) is 3.30. The molecule has 3 heterocycles. The van der Waals surface area contributed by atoms with Gasteiger partial charge in [0.1, 0.15) is 6.04 Å². The largest absolute Gasteiger partial charge is 0.351 e. The van der Waals surface area contributed by atoms with Crippen LogP contribution in [0.5, 0.6) is 0 Å². The summed E-state index contributed by atoms with van der Waals surface area (Å²) in [6.45, 7) is 2.02. The van der Waals surface area contributed by atoms with Crippen LogP contribution in [0.3, 0.4) is 0 Å². The summed E-state index contributed by atoms with van der Waals surface area (Å²) in [7, 11) is 0. The minimum absolute atomic E-state index is 0.0264. The van der Waals surface area contributed by atoms with Crippen molar-refractivity contribution in [2.24, 2.45) is 5.92 Å². The van der Waals surface area contributed by atoms with Gasteiger partial charge in [0.2, 0.25) is 17.0 Å². The number of para-hydroxylation sites is 1. The van der Waals surface area contributed by atoms with Gasteiger partial charge >= 0.3 is 0 Å². The van der Waals surface area contributed by atoms with Gasteiger partial charge in [-0.1, -0.05) is 36.0 Å². The molecule has 1 aliphatic heterocycles. The highest BCUT2D eigenvalue weighted by atomic mass is 32.2. The van der Waals surface area contributed by atoms with Gasteiger partial charge in [-0.3, -0.25) is 4.79 Å². The van der Waals surface area contributed by atoms with Crippen molar-refractivity contribution >= 4 is 40.6 Å². The second-order valence-electron chi connectivity index (χ2n) is 6.14. The fourth-order valence-electron chi connectivity index (χ4n) is 3.28. The number of fused-ring (bicyclic) bond motifs is 1. The van der Waals surface area contributed by atoms with Crippen LogP contribution >= 0.6 is 23.1 Å². The van der Waals surface area contributed by atoms with E-state index in [0.717, 1.165) is 10.6 Å². The van der Waals surface area contributed by atoms with Crippen molar-refractivity contribution in [3.63, 3.8) is 0 Å². The zero-order valence-electron chi connectivity index (χ0n) is 14.4. The maximum atomic E-state index is 13.2. The quantitative estimate of drug-likeness (QED) is 0.670. The highest BCUT2D eigenvalue weighted by Gasteiger charge is 2.42. The van der Waals surface area contributed by atoms with Gasteiger partial charge in [0.25, 0.3) is 0 Å². The van der Waals surface area contributed by atoms with Crippen molar-refractivity contribution < 1.29 is 4.79 Å². The number of amides is 1. The third-order valence-electron chi connectivity index (χ3n) is 4.47. The number of rotatable bonds is 4. The van der Waals surface area contributed by atoms with Gasteiger partial charge in [-0.15, -0.1) is 16.4 Å². The first kappa shape index (κ1) is 17.1. The minimum atomic E-state index is -0.308. The highest BCUT2D eigenvalue weighted by molar-refractivity contribution is 7.98. The molecular formula is C18H19N5OS2. The first-order chi connectivity index (χ1) is 12.7. The molecule has 0 saturated heterocycles. The maximum absolute atomic E-state index is 13.2. The fraction of sp³-hybridized carbons (Fsp3) is 0.278. The molecule has 0 aliphatic carbocycles. The number of anilines is 2. The molecule has 8 heteroatoms. The average molecular weight is 386 g/mol. The molecule has 0 saturated carbocycles. The number of carbonyl (C=O) groups excluding carboxylic acids is 1. The molecule has 1 aromatic carbocycles. The second kappa shape index (κ2) is 7.13. The van der Waals surface area contributed by atoms with Crippen LogP contribution in [0.15, 0.2) is 53.0 Å². The van der Waals surface area contributed by atoms with Gasteiger partial charge in [0.15, 0.2) is 0 Å². The summed E-state index contributed by atoms with van der Waals surface area (Å²) in [5, 5.41) is 13.7. The summed E-state index contributed by atoms with van der Waals surface area (Å²) in [6.07, 6.45) is 1.95. The second-order valence-corrected chi connectivity index (χ2v) is 7.89. The number of hydrogen-bond acceptors (Lipinski definition) is 6. The van der Waals surface area contributed by atoms with Crippen LogP contribution in [0, 0.1) is 5.92 Å². The van der Waals surface area contributed by atoms with Crippen LogP contribution in [0.1, 0.15) is 17.8 Å². The van der Waals surface area contributed by atoms with Crippen LogP contribution in [0.4, 0.5) is 11.6 Å². The third-order valence-corrected chi connectivity index (χ3v) is 5.95. The monoisotopic (exact) mass is 385 g/mol. The van der Waals surface area contributed by atoms with Crippen LogP contribution in [-0.2, 0) is 4.79 Å². The summed E-state index contributed by atoms with van der Waals surface area (Å²) in [5.74, 6) is 0.378. The Morgan fingerprint density at radius 2 is 2.08 bits per heavy atom. The van der Waals surface area contributed by atoms with Crippen LogP contribution in [0.2, 0.25) is 0 Å². The Hall–Kier alpha value is -2.32. The molecule has 0 unspecified atom stereocenters. The molecule has 134 valence electrons. The molecule has 0 fully saturated rings. The molecule has 4 rings (SSSR count). The van der Waals surface area contributed by atoms with E-state index >= 15 is 0 Å². The molecule has 2 N–H and O–H groups in total. The van der Waals surface area contributed by atoms with E-state index in [1.165, 1.54) is 11.8 Å². The Bertz CT molecular complexity index is 894. The van der Waals surface area contributed by atoms with Crippen molar-refractivity contribution in [3.05, 3.63) is 52.7 Å². The first-order valence-corrected chi connectivity index (χ1v) is 10.4. The minimum Gasteiger partial charge on any atom is -0.351 e. The van der Waals surface area contributed by atoms with Gasteiger partial charge in [-0.05, 0) is 36.8 Å². The zero-order valence-corrected chi connectivity index (χ0v) is 16.1. The number of hydrogen-bond donors (Lipinski definition) is 2. The highest BCUT2D eigenvalue weighted by Crippen LogP contribution is 2.39. The molecule has 3 atom stereocenters. The van der Waals surface area contributed by atoms with Crippen LogP contribution in [-0.4, -0.2) is 33.0 Å². The molecule has 1 aliphatic rings. The number of thiophene rings is 1. The van der Waals surface area contributed by atoms with E-state index in [1.807, 2.05) is 59.6 Å². The standard InChI is InChI=1S/C18H19N5OS2/c1-11-14(16(24)20-12-7-4-3-5-8-12)15(13-9-6-10-26-13)23-17(19-11)21-18(22-23)25-2/h3-11,14-15H,1-2H3,(H,20,24)(H,19,21,22)/t11-,14+,15-/m0/s1. The summed E-state index contributed by atoms with van der Waals surface area (Å²) < 4.78 is 1.85. The molecule has 1 amide bonds. The Morgan fingerprint density at radius 3 is 2.77 bits per heavy atom. The number of aromatic nitrogens is 3. The van der Waals surface area contributed by atoms with Gasteiger partial charge < -0.3 is 10.6 Å². The van der Waals surface area contributed by atoms with E-state index in [9.17, 15) is 4.79 Å². The van der Waals surface area contributed by atoms with Gasteiger partial charge in [-0.2, -0.15) is 4.98 Å². The lowest BCUT2D eigenvalue weighted by Gasteiger charge is -2.36. The molecule has 0 spiro atoms. The summed E-state index contributed by atoms with van der Waals surface area (Å²) in [4.78, 5) is 18.8. The van der Waals surface area contributed by atoms with E-state index in [2.05, 4.69) is 26.8 Å². The van der Waals surface area contributed by atoms with Crippen molar-refractivity contribution in [1.29, 1.82) is 0 Å². The topological polar surface area (TPSA) is 71.8 Å². The van der Waals surface area contributed by atoms with E-state index in [-0.39, 0.29) is 23.9 Å². The van der Waals surface area contributed by atoms with Gasteiger partial charge in [0, 0.05) is 16.6 Å². The lowest BCUT2D eigenvalue weighted by atomic mass is 9.89. The van der Waals surface area contributed by atoms with Crippen molar-refractivity contribution in [1.82, 2.24) is 14.8 Å². The smallest absolute Gasteiger partial charge is 0.232 e. The SMILES string of the molecule is CSc1nc2n(n1)[C@@H](c1cccs1)[C@H](C(=O)Nc1ccccc1)[C@H](C)N2. The molecular weight excluding hydrogens is 366 g/mol. The molecule has 0 radical (unpaired) electrons. The Balaban J connectivity index is 1.73. The molecule has 26 heavy (non-hydrogen) atoms. The predicted octanol–water partition coefficient (Wildman–Crippen LogP) is 3.72. The normalized spacial score (nSPS) is 21.7. The van der Waals surface area contributed by atoms with Crippen LogP contribution in [0.25, 0.3) is 0 Å². The zero-order chi connectivity index (χ0) is 18.1. The van der Waals surface area contributed by atoms with Crippen LogP contribution < -0.4 is 10.6 Å². The van der Waals surface area contributed by atoms with Gasteiger partial charge in [0.05, 0.1) is 5.92 Å². The Morgan fingerprint density at radius 1 is 1.27 bits per heavy atom.